The van der Waals surface area contributed by atoms with Gasteiger partial charge in [-0.3, -0.25) is 9.59 Å². The lowest BCUT2D eigenvalue weighted by Crippen LogP contribution is -2.55. The summed E-state index contributed by atoms with van der Waals surface area (Å²) < 4.78 is 15.3. The average molecular weight is 421 g/mol. The summed E-state index contributed by atoms with van der Waals surface area (Å²) in [4.78, 5) is 46.6. The van der Waals surface area contributed by atoms with Gasteiger partial charge in [-0.15, -0.1) is 0 Å². The van der Waals surface area contributed by atoms with Crippen LogP contribution in [-0.4, -0.2) is 55.3 Å². The summed E-state index contributed by atoms with van der Waals surface area (Å²) in [5.74, 6) is -2.59. The lowest BCUT2D eigenvalue weighted by atomic mass is 9.72. The summed E-state index contributed by atoms with van der Waals surface area (Å²) in [6, 6.07) is 3.84. The number of benzene rings is 1. The molecule has 162 valence electrons. The van der Waals surface area contributed by atoms with Gasteiger partial charge in [0.25, 0.3) is 0 Å². The molecule has 11 nitrogen and oxygen atoms in total. The first-order chi connectivity index (χ1) is 14.0. The molecule has 1 aromatic carbocycles. The van der Waals surface area contributed by atoms with E-state index >= 15 is 0 Å². The van der Waals surface area contributed by atoms with Crippen molar-refractivity contribution in [2.75, 3.05) is 13.3 Å². The predicted molar refractivity (Wildman–Crippen MR) is 104 cm³/mol. The number of nitrogens with one attached hydrogen (secondary N) is 2. The van der Waals surface area contributed by atoms with E-state index in [1.807, 2.05) is 0 Å². The van der Waals surface area contributed by atoms with Crippen molar-refractivity contribution in [2.45, 2.75) is 33.1 Å². The van der Waals surface area contributed by atoms with Crippen LogP contribution >= 0.6 is 0 Å². The van der Waals surface area contributed by atoms with E-state index in [9.17, 15) is 24.2 Å². The zero-order valence-electron chi connectivity index (χ0n) is 16.9. The number of urea groups is 1. The van der Waals surface area contributed by atoms with E-state index in [4.69, 9.17) is 19.9 Å². The van der Waals surface area contributed by atoms with Gasteiger partial charge in [0.05, 0.1) is 17.9 Å². The molecule has 0 radical (unpaired) electrons. The Hall–Kier alpha value is -3.28. The molecule has 1 aliphatic heterocycles. The van der Waals surface area contributed by atoms with Crippen molar-refractivity contribution in [3.8, 4) is 5.75 Å². The molecule has 12 heteroatoms. The fraction of sp³-hybridized carbons (Fsp3) is 0.444. The first-order valence-electron chi connectivity index (χ1n) is 9.12. The van der Waals surface area contributed by atoms with E-state index < -0.39 is 49.1 Å². The van der Waals surface area contributed by atoms with Gasteiger partial charge in [0.2, 0.25) is 12.7 Å². The molecule has 0 bridgehead atoms. The summed E-state index contributed by atoms with van der Waals surface area (Å²) in [6.45, 7) is 4.08. The quantitative estimate of drug-likeness (QED) is 0.271. The minimum atomic E-state index is -1.44. The molecule has 0 fully saturated rings. The number of fused-ring (bicyclic) bond motifs is 1. The van der Waals surface area contributed by atoms with Crippen LogP contribution in [0.25, 0.3) is 0 Å². The van der Waals surface area contributed by atoms with Crippen LogP contribution in [0.2, 0.25) is 0 Å². The zero-order valence-corrected chi connectivity index (χ0v) is 16.9. The molecule has 0 aliphatic carbocycles. The van der Waals surface area contributed by atoms with E-state index in [-0.39, 0.29) is 24.3 Å². The van der Waals surface area contributed by atoms with Crippen LogP contribution in [0.5, 0.6) is 5.75 Å². The summed E-state index contributed by atoms with van der Waals surface area (Å²) in [6.07, 6.45) is 0.166. The minimum Gasteiger partial charge on any atom is -0.534 e. The maximum atomic E-state index is 12.4. The molecule has 5 N–H and O–H groups in total. The second-order valence-corrected chi connectivity index (χ2v) is 7.63. The summed E-state index contributed by atoms with van der Waals surface area (Å²) in [5, 5.41) is 14.9. The number of amides is 3. The molecule has 3 amide bonds. The number of ether oxygens (including phenoxy) is 2. The Morgan fingerprint density at radius 3 is 2.60 bits per heavy atom. The molecule has 1 aliphatic rings. The summed E-state index contributed by atoms with van der Waals surface area (Å²) >= 11 is 0. The number of carbonyl (C=O) groups is 4. The van der Waals surface area contributed by atoms with E-state index in [0.717, 1.165) is 0 Å². The van der Waals surface area contributed by atoms with Crippen molar-refractivity contribution < 1.29 is 38.3 Å². The molecule has 1 heterocycles. The Bertz CT molecular complexity index is 839. The highest BCUT2D eigenvalue weighted by Gasteiger charge is 2.38. The second-order valence-electron chi connectivity index (χ2n) is 7.63. The largest absolute Gasteiger partial charge is 0.547 e. The van der Waals surface area contributed by atoms with Crippen LogP contribution in [0.4, 0.5) is 4.79 Å². The van der Waals surface area contributed by atoms with Gasteiger partial charge < -0.3 is 35.5 Å². The molecule has 2 rings (SSSR count). The number of para-hydroxylation sites is 1. The minimum absolute atomic E-state index is 0.0403. The standard InChI is InChI=1S/C18H24BN3O8/c1-18(2,3)16(25)29-9-28-15(24)11-6-4-5-10-7-12(19(27)30-14(10)11)22-13(23)8-21-17(20)26/h4-6,12,27H,7-9H2,1-3H3,(H,22,23)(H3,20,21,26). The van der Waals surface area contributed by atoms with Crippen molar-refractivity contribution >= 4 is 31.0 Å². The number of esters is 2. The van der Waals surface area contributed by atoms with Gasteiger partial charge in [0.15, 0.2) is 0 Å². The second kappa shape index (κ2) is 9.48. The lowest BCUT2D eigenvalue weighted by Gasteiger charge is -2.29. The van der Waals surface area contributed by atoms with Crippen LogP contribution in [0.15, 0.2) is 18.2 Å². The first-order valence-corrected chi connectivity index (χ1v) is 9.12. The molecular weight excluding hydrogens is 397 g/mol. The van der Waals surface area contributed by atoms with Gasteiger partial charge in [-0.1, -0.05) is 12.1 Å². The van der Waals surface area contributed by atoms with Gasteiger partial charge in [0.1, 0.15) is 11.3 Å². The number of hydrogen-bond donors (Lipinski definition) is 4. The number of nitrogens with two attached hydrogens (primary N) is 1. The van der Waals surface area contributed by atoms with Crippen molar-refractivity contribution in [1.29, 1.82) is 0 Å². The third kappa shape index (κ3) is 6.11. The van der Waals surface area contributed by atoms with Crippen LogP contribution in [0.3, 0.4) is 0 Å². The average Bonchev–Trinajstić information content (AvgIpc) is 2.65. The Labute approximate surface area is 173 Å². The normalized spacial score (nSPS) is 15.3. The monoisotopic (exact) mass is 421 g/mol. The van der Waals surface area contributed by atoms with Crippen LogP contribution in [0, 0.1) is 5.41 Å². The van der Waals surface area contributed by atoms with E-state index in [2.05, 4.69) is 10.6 Å². The molecule has 0 saturated carbocycles. The number of rotatable bonds is 6. The molecule has 30 heavy (non-hydrogen) atoms. The third-order valence-electron chi connectivity index (χ3n) is 4.10. The summed E-state index contributed by atoms with van der Waals surface area (Å²) in [7, 11) is -1.44. The molecule has 0 saturated heterocycles. The Balaban J connectivity index is 2.01. The van der Waals surface area contributed by atoms with Crippen molar-refractivity contribution in [3.63, 3.8) is 0 Å². The van der Waals surface area contributed by atoms with E-state index in [0.29, 0.717) is 5.56 Å². The molecule has 0 spiro atoms. The SMILES string of the molecule is CC(C)(C)C(=O)OCOC(=O)c1cccc2c1OB(O)C(NC(=O)CNC(N)=O)C2. The van der Waals surface area contributed by atoms with Gasteiger partial charge >= 0.3 is 25.1 Å². The van der Waals surface area contributed by atoms with Crippen LogP contribution in [-0.2, 0) is 25.5 Å². The van der Waals surface area contributed by atoms with E-state index in [1.54, 1.807) is 32.9 Å². The van der Waals surface area contributed by atoms with Crippen LogP contribution < -0.4 is 21.0 Å². The smallest absolute Gasteiger partial charge is 0.534 e. The van der Waals surface area contributed by atoms with Crippen molar-refractivity contribution in [3.05, 3.63) is 29.3 Å². The van der Waals surface area contributed by atoms with Gasteiger partial charge in [-0.25, -0.2) is 9.59 Å². The number of hydrogen-bond acceptors (Lipinski definition) is 8. The number of carbonyl (C=O) groups excluding carboxylic acids is 4. The van der Waals surface area contributed by atoms with Gasteiger partial charge in [0, 0.05) is 0 Å². The Morgan fingerprint density at radius 1 is 1.27 bits per heavy atom. The molecule has 0 aromatic heterocycles. The topological polar surface area (TPSA) is 166 Å². The third-order valence-corrected chi connectivity index (χ3v) is 4.10. The van der Waals surface area contributed by atoms with Crippen molar-refractivity contribution in [2.24, 2.45) is 11.1 Å². The van der Waals surface area contributed by atoms with E-state index in [1.165, 1.54) is 6.07 Å². The molecule has 1 unspecified atom stereocenters. The van der Waals surface area contributed by atoms with Crippen LogP contribution in [0.1, 0.15) is 36.7 Å². The van der Waals surface area contributed by atoms with Gasteiger partial charge in [-0.05, 0) is 38.8 Å². The number of primary amides is 1. The Kier molecular flexibility index (Phi) is 7.27. The maximum absolute atomic E-state index is 12.4. The zero-order chi connectivity index (χ0) is 22.5. The molecule has 1 aromatic rings. The highest BCUT2D eigenvalue weighted by Crippen LogP contribution is 2.30. The molecular formula is C18H24BN3O8. The fourth-order valence-corrected chi connectivity index (χ4v) is 2.56. The van der Waals surface area contributed by atoms with Gasteiger partial charge in [-0.2, -0.15) is 0 Å². The lowest BCUT2D eigenvalue weighted by molar-refractivity contribution is -0.161. The Morgan fingerprint density at radius 2 is 1.97 bits per heavy atom. The highest BCUT2D eigenvalue weighted by molar-refractivity contribution is 6.47. The first kappa shape index (κ1) is 23.0. The maximum Gasteiger partial charge on any atom is 0.547 e. The fourth-order valence-electron chi connectivity index (χ4n) is 2.56. The van der Waals surface area contributed by atoms with Crippen molar-refractivity contribution in [1.82, 2.24) is 10.6 Å². The summed E-state index contributed by atoms with van der Waals surface area (Å²) in [5.41, 5.74) is 4.76. The highest BCUT2D eigenvalue weighted by atomic mass is 16.7. The molecule has 1 atom stereocenters. The predicted octanol–water partition coefficient (Wildman–Crippen LogP) is -0.502.